The second-order valence-electron chi connectivity index (χ2n) is 6.04. The first-order valence-corrected chi connectivity index (χ1v) is 8.99. The Morgan fingerprint density at radius 2 is 2.27 bits per heavy atom. The van der Waals surface area contributed by atoms with Crippen molar-refractivity contribution in [2.45, 2.75) is 32.9 Å². The van der Waals surface area contributed by atoms with Gasteiger partial charge in [-0.3, -0.25) is 9.89 Å². The smallest absolute Gasteiger partial charge is 0.359 e. The van der Waals surface area contributed by atoms with Crippen LogP contribution in [0.3, 0.4) is 0 Å². The molecule has 1 atom stereocenters. The zero-order chi connectivity index (χ0) is 18.8. The molecule has 0 bridgehead atoms. The lowest BCUT2D eigenvalue weighted by Crippen LogP contribution is -2.42. The van der Waals surface area contributed by atoms with Crippen LogP contribution >= 0.6 is 15.9 Å². The van der Waals surface area contributed by atoms with Gasteiger partial charge in [0.1, 0.15) is 6.07 Å². The first kappa shape index (κ1) is 18.1. The Kier molecular flexibility index (Phi) is 5.09. The van der Waals surface area contributed by atoms with E-state index in [2.05, 4.69) is 32.2 Å². The SMILES string of the molecule is CCOC(=O)c1n[nH]c2c1CN(C(=O)c1ccc(Br)c(C#N)c1)[C@H](C)C2. The average molecular weight is 417 g/mol. The Labute approximate surface area is 159 Å². The van der Waals surface area contributed by atoms with Crippen LogP contribution in [-0.4, -0.2) is 39.6 Å². The molecule has 8 heteroatoms. The number of fused-ring (bicyclic) bond motifs is 1. The lowest BCUT2D eigenvalue weighted by Gasteiger charge is -2.33. The predicted octanol–water partition coefficient (Wildman–Crippen LogP) is 2.81. The number of nitriles is 1. The van der Waals surface area contributed by atoms with Crippen LogP contribution in [0.5, 0.6) is 0 Å². The largest absolute Gasteiger partial charge is 0.461 e. The number of ether oxygens (including phenoxy) is 1. The first-order chi connectivity index (χ1) is 12.5. The molecule has 0 spiro atoms. The zero-order valence-corrected chi connectivity index (χ0v) is 16.0. The molecule has 2 aromatic rings. The van der Waals surface area contributed by atoms with Gasteiger partial charge in [0.25, 0.3) is 5.91 Å². The maximum absolute atomic E-state index is 13.0. The number of halogens is 1. The van der Waals surface area contributed by atoms with Gasteiger partial charge in [-0.2, -0.15) is 10.4 Å². The Hall–Kier alpha value is -2.66. The van der Waals surface area contributed by atoms with Crippen LogP contribution in [0.1, 0.15) is 51.5 Å². The number of aromatic amines is 1. The number of carbonyl (C=O) groups excluding carboxylic acids is 2. The van der Waals surface area contributed by atoms with Gasteiger partial charge >= 0.3 is 5.97 Å². The normalized spacial score (nSPS) is 15.9. The van der Waals surface area contributed by atoms with Gasteiger partial charge in [0.2, 0.25) is 0 Å². The molecule has 0 saturated carbocycles. The molecule has 134 valence electrons. The molecular weight excluding hydrogens is 400 g/mol. The lowest BCUT2D eigenvalue weighted by atomic mass is 9.98. The van der Waals surface area contributed by atoms with E-state index in [1.807, 2.05) is 6.92 Å². The van der Waals surface area contributed by atoms with E-state index in [4.69, 9.17) is 10.00 Å². The van der Waals surface area contributed by atoms with Crippen molar-refractivity contribution >= 4 is 27.8 Å². The summed E-state index contributed by atoms with van der Waals surface area (Å²) in [4.78, 5) is 26.7. The van der Waals surface area contributed by atoms with Gasteiger partial charge < -0.3 is 9.64 Å². The second kappa shape index (κ2) is 7.30. The van der Waals surface area contributed by atoms with Crippen molar-refractivity contribution in [1.29, 1.82) is 5.26 Å². The molecule has 2 heterocycles. The summed E-state index contributed by atoms with van der Waals surface area (Å²) in [6.45, 7) is 4.19. The number of H-pyrrole nitrogens is 1. The quantitative estimate of drug-likeness (QED) is 0.775. The maximum atomic E-state index is 13.0. The van der Waals surface area contributed by atoms with Gasteiger partial charge in [-0.05, 0) is 48.0 Å². The Morgan fingerprint density at radius 3 is 2.96 bits per heavy atom. The van der Waals surface area contributed by atoms with E-state index in [1.54, 1.807) is 30.0 Å². The summed E-state index contributed by atoms with van der Waals surface area (Å²) in [7, 11) is 0. The van der Waals surface area contributed by atoms with Crippen LogP contribution in [0, 0.1) is 11.3 Å². The van der Waals surface area contributed by atoms with Gasteiger partial charge in [0.15, 0.2) is 5.69 Å². The number of nitrogens with zero attached hydrogens (tertiary/aromatic N) is 3. The summed E-state index contributed by atoms with van der Waals surface area (Å²) < 4.78 is 5.68. The fourth-order valence-corrected chi connectivity index (χ4v) is 3.36. The summed E-state index contributed by atoms with van der Waals surface area (Å²) >= 11 is 3.29. The number of carbonyl (C=O) groups is 2. The molecule has 7 nitrogen and oxygen atoms in total. The molecule has 1 amide bonds. The van der Waals surface area contributed by atoms with E-state index in [0.29, 0.717) is 27.6 Å². The minimum Gasteiger partial charge on any atom is -0.461 e. The third-order valence-corrected chi connectivity index (χ3v) is 5.07. The number of amides is 1. The molecule has 1 aliphatic rings. The number of rotatable bonds is 3. The van der Waals surface area contributed by atoms with Crippen LogP contribution < -0.4 is 0 Å². The van der Waals surface area contributed by atoms with E-state index in [9.17, 15) is 9.59 Å². The molecule has 0 radical (unpaired) electrons. The monoisotopic (exact) mass is 416 g/mol. The summed E-state index contributed by atoms with van der Waals surface area (Å²) in [5.41, 5.74) is 2.59. The van der Waals surface area contributed by atoms with E-state index in [1.165, 1.54) is 0 Å². The number of hydrogen-bond donors (Lipinski definition) is 1. The predicted molar refractivity (Wildman–Crippen MR) is 96.4 cm³/mol. The van der Waals surface area contributed by atoms with Gasteiger partial charge in [0.05, 0.1) is 18.7 Å². The zero-order valence-electron chi connectivity index (χ0n) is 14.4. The molecule has 1 aliphatic heterocycles. The number of hydrogen-bond acceptors (Lipinski definition) is 5. The van der Waals surface area contributed by atoms with Gasteiger partial charge in [-0.25, -0.2) is 4.79 Å². The second-order valence-corrected chi connectivity index (χ2v) is 6.90. The molecule has 0 unspecified atom stereocenters. The van der Waals surface area contributed by atoms with Crippen molar-refractivity contribution in [2.75, 3.05) is 6.61 Å². The van der Waals surface area contributed by atoms with E-state index < -0.39 is 5.97 Å². The van der Waals surface area contributed by atoms with Crippen molar-refractivity contribution in [3.63, 3.8) is 0 Å². The molecule has 26 heavy (non-hydrogen) atoms. The average Bonchev–Trinajstić information content (AvgIpc) is 3.03. The van der Waals surface area contributed by atoms with Gasteiger partial charge in [-0.1, -0.05) is 0 Å². The molecule has 1 N–H and O–H groups in total. The van der Waals surface area contributed by atoms with Gasteiger partial charge in [-0.15, -0.1) is 0 Å². The van der Waals surface area contributed by atoms with Crippen molar-refractivity contribution in [1.82, 2.24) is 15.1 Å². The topological polar surface area (TPSA) is 99.1 Å². The van der Waals surface area contributed by atoms with Crippen molar-refractivity contribution in [2.24, 2.45) is 0 Å². The Bertz CT molecular complexity index is 916. The molecule has 1 aromatic heterocycles. The van der Waals surface area contributed by atoms with E-state index in [0.717, 1.165) is 5.69 Å². The number of nitrogens with one attached hydrogen (secondary N) is 1. The summed E-state index contributed by atoms with van der Waals surface area (Å²) in [5, 5.41) is 16.1. The molecule has 0 aliphatic carbocycles. The minimum absolute atomic E-state index is 0.0697. The van der Waals surface area contributed by atoms with Crippen molar-refractivity contribution < 1.29 is 14.3 Å². The van der Waals surface area contributed by atoms with E-state index in [-0.39, 0.29) is 30.8 Å². The molecule has 0 fully saturated rings. The third-order valence-electron chi connectivity index (χ3n) is 4.38. The minimum atomic E-state index is -0.498. The Balaban J connectivity index is 1.91. The summed E-state index contributed by atoms with van der Waals surface area (Å²) in [5.74, 6) is -0.689. The molecular formula is C18H17BrN4O3. The highest BCUT2D eigenvalue weighted by Crippen LogP contribution is 2.27. The molecule has 3 rings (SSSR count). The fraction of sp³-hybridized carbons (Fsp3) is 0.333. The lowest BCUT2D eigenvalue weighted by molar-refractivity contribution is 0.0509. The fourth-order valence-electron chi connectivity index (χ4n) is 3.02. The standard InChI is InChI=1S/C18H17BrN4O3/c1-3-26-18(25)16-13-9-23(10(2)6-15(13)21-22-16)17(24)11-4-5-14(19)12(7-11)8-20/h4-5,7,10H,3,6,9H2,1-2H3,(H,21,22)/t10-/m1/s1. The van der Waals surface area contributed by atoms with Crippen molar-refractivity contribution in [3.05, 3.63) is 50.8 Å². The highest BCUT2D eigenvalue weighted by atomic mass is 79.9. The van der Waals surface area contributed by atoms with Crippen molar-refractivity contribution in [3.8, 4) is 6.07 Å². The first-order valence-electron chi connectivity index (χ1n) is 8.20. The van der Waals surface area contributed by atoms with E-state index >= 15 is 0 Å². The number of esters is 1. The van der Waals surface area contributed by atoms with Gasteiger partial charge in [0, 0.05) is 33.8 Å². The maximum Gasteiger partial charge on any atom is 0.359 e. The summed E-state index contributed by atoms with van der Waals surface area (Å²) in [6.07, 6.45) is 0.565. The van der Waals surface area contributed by atoms with Crippen LogP contribution in [0.4, 0.5) is 0 Å². The Morgan fingerprint density at radius 1 is 1.50 bits per heavy atom. The van der Waals surface area contributed by atoms with Crippen LogP contribution in [0.25, 0.3) is 0 Å². The third kappa shape index (κ3) is 3.22. The highest BCUT2D eigenvalue weighted by Gasteiger charge is 2.33. The number of benzene rings is 1. The van der Waals surface area contributed by atoms with Crippen LogP contribution in [-0.2, 0) is 17.7 Å². The summed E-state index contributed by atoms with van der Waals surface area (Å²) in [6, 6.07) is 6.92. The number of aromatic nitrogens is 2. The molecule has 1 aromatic carbocycles. The molecule has 0 saturated heterocycles. The highest BCUT2D eigenvalue weighted by molar-refractivity contribution is 9.10. The van der Waals surface area contributed by atoms with Crippen LogP contribution in [0.2, 0.25) is 0 Å². The van der Waals surface area contributed by atoms with Crippen LogP contribution in [0.15, 0.2) is 22.7 Å².